The van der Waals surface area contributed by atoms with Crippen LogP contribution in [0.5, 0.6) is 0 Å². The topological polar surface area (TPSA) is 69.7 Å². The predicted octanol–water partition coefficient (Wildman–Crippen LogP) is 8.30. The SMILES string of the molecule is CCCCCCCCCCCC(=O)O[C@H]1[C@@H](C)C[C@]2(OC(C)=O)C(=O)/C(C)=C/[C@@H]3[C@H](CC/C(C)=C\[C@@H]12)C3(C)C. The van der Waals surface area contributed by atoms with Gasteiger partial charge in [-0.25, -0.2) is 0 Å². The van der Waals surface area contributed by atoms with Gasteiger partial charge in [0.2, 0.25) is 5.78 Å². The van der Waals surface area contributed by atoms with Crippen LogP contribution in [-0.4, -0.2) is 29.4 Å². The average Bonchev–Trinajstić information content (AvgIpc) is 3.28. The van der Waals surface area contributed by atoms with Crippen molar-refractivity contribution in [2.75, 3.05) is 0 Å². The molecule has 0 radical (unpaired) electrons. The lowest BCUT2D eigenvalue weighted by atomic mass is 9.81. The Hall–Kier alpha value is -1.91. The minimum atomic E-state index is -1.34. The molecule has 3 aliphatic carbocycles. The van der Waals surface area contributed by atoms with E-state index in [1.807, 2.05) is 13.8 Å². The number of hydrogen-bond donors (Lipinski definition) is 0. The molecule has 0 aromatic rings. The van der Waals surface area contributed by atoms with Crippen LogP contribution in [0.1, 0.15) is 132 Å². The van der Waals surface area contributed by atoms with E-state index in [-0.39, 0.29) is 23.1 Å². The molecule has 0 saturated heterocycles. The van der Waals surface area contributed by atoms with E-state index in [9.17, 15) is 14.4 Å². The van der Waals surface area contributed by atoms with Crippen LogP contribution in [0.4, 0.5) is 0 Å². The second-order valence-electron chi connectivity index (χ2n) is 13.4. The highest BCUT2D eigenvalue weighted by Crippen LogP contribution is 2.62. The Labute approximate surface area is 237 Å². The van der Waals surface area contributed by atoms with Gasteiger partial charge in [-0.15, -0.1) is 0 Å². The summed E-state index contributed by atoms with van der Waals surface area (Å²) in [5, 5.41) is 0. The molecule has 0 amide bonds. The Balaban J connectivity index is 1.72. The lowest BCUT2D eigenvalue weighted by Gasteiger charge is -2.34. The van der Waals surface area contributed by atoms with Gasteiger partial charge in [-0.3, -0.25) is 14.4 Å². The van der Waals surface area contributed by atoms with E-state index >= 15 is 0 Å². The minimum Gasteiger partial charge on any atom is -0.461 e. The van der Waals surface area contributed by atoms with Gasteiger partial charge < -0.3 is 9.47 Å². The van der Waals surface area contributed by atoms with Crippen molar-refractivity contribution in [1.29, 1.82) is 0 Å². The van der Waals surface area contributed by atoms with Gasteiger partial charge in [-0.1, -0.05) is 96.8 Å². The summed E-state index contributed by atoms with van der Waals surface area (Å²) in [7, 11) is 0. The number of carbonyl (C=O) groups is 3. The van der Waals surface area contributed by atoms with Crippen molar-refractivity contribution >= 4 is 17.7 Å². The van der Waals surface area contributed by atoms with E-state index in [0.717, 1.165) is 32.1 Å². The van der Waals surface area contributed by atoms with Crippen molar-refractivity contribution in [2.24, 2.45) is 29.1 Å². The zero-order valence-electron chi connectivity index (χ0n) is 25.8. The number of rotatable bonds is 12. The number of hydrogen-bond acceptors (Lipinski definition) is 5. The summed E-state index contributed by atoms with van der Waals surface area (Å²) in [5.74, 6) is -0.521. The molecule has 0 aliphatic heterocycles. The summed E-state index contributed by atoms with van der Waals surface area (Å²) in [6.07, 6.45) is 17.2. The zero-order valence-corrected chi connectivity index (χ0v) is 25.8. The molecule has 2 saturated carbocycles. The van der Waals surface area contributed by atoms with Gasteiger partial charge in [0, 0.05) is 19.8 Å². The van der Waals surface area contributed by atoms with Gasteiger partial charge in [0.1, 0.15) is 6.10 Å². The van der Waals surface area contributed by atoms with Crippen LogP contribution in [0, 0.1) is 29.1 Å². The maximum Gasteiger partial charge on any atom is 0.306 e. The summed E-state index contributed by atoms with van der Waals surface area (Å²) in [5.41, 5.74) is 0.655. The van der Waals surface area contributed by atoms with Crippen LogP contribution < -0.4 is 0 Å². The quantitative estimate of drug-likeness (QED) is 0.141. The van der Waals surface area contributed by atoms with E-state index in [4.69, 9.17) is 9.47 Å². The second-order valence-corrected chi connectivity index (χ2v) is 13.4. The van der Waals surface area contributed by atoms with Crippen LogP contribution in [0.25, 0.3) is 0 Å². The summed E-state index contributed by atoms with van der Waals surface area (Å²) in [6.45, 7) is 14.1. The van der Waals surface area contributed by atoms with Gasteiger partial charge in [0.15, 0.2) is 5.60 Å². The van der Waals surface area contributed by atoms with Crippen molar-refractivity contribution in [3.63, 3.8) is 0 Å². The molecule has 0 heterocycles. The van der Waals surface area contributed by atoms with Crippen LogP contribution in [-0.2, 0) is 23.9 Å². The first-order valence-corrected chi connectivity index (χ1v) is 15.7. The molecule has 0 aromatic heterocycles. The van der Waals surface area contributed by atoms with E-state index in [1.165, 1.54) is 51.0 Å². The maximum absolute atomic E-state index is 14.1. The van der Waals surface area contributed by atoms with Crippen molar-refractivity contribution < 1.29 is 23.9 Å². The number of fused-ring (bicyclic) bond motifs is 2. The van der Waals surface area contributed by atoms with Crippen LogP contribution in [0.2, 0.25) is 0 Å². The lowest BCUT2D eigenvalue weighted by molar-refractivity contribution is -0.170. The van der Waals surface area contributed by atoms with Gasteiger partial charge in [0.05, 0.1) is 5.92 Å². The lowest BCUT2D eigenvalue weighted by Crippen LogP contribution is -2.48. The zero-order chi connectivity index (χ0) is 28.8. The Morgan fingerprint density at radius 2 is 1.56 bits per heavy atom. The number of unbranched alkanes of at least 4 members (excludes halogenated alkanes) is 8. The molecule has 3 rings (SSSR count). The first-order valence-electron chi connectivity index (χ1n) is 15.7. The molecule has 39 heavy (non-hydrogen) atoms. The third-order valence-electron chi connectivity index (χ3n) is 9.78. The number of Topliss-reactive ketones (excluding diaryl/α,β-unsaturated/α-hetero) is 1. The smallest absolute Gasteiger partial charge is 0.306 e. The number of ether oxygens (including phenoxy) is 2. The number of carbonyl (C=O) groups excluding carboxylic acids is 3. The fraction of sp³-hybridized carbons (Fsp3) is 0.794. The summed E-state index contributed by atoms with van der Waals surface area (Å²) < 4.78 is 12.1. The molecule has 5 heteroatoms. The molecule has 0 N–H and O–H groups in total. The fourth-order valence-corrected chi connectivity index (χ4v) is 7.34. The summed E-state index contributed by atoms with van der Waals surface area (Å²) >= 11 is 0. The van der Waals surface area contributed by atoms with Crippen molar-refractivity contribution in [1.82, 2.24) is 0 Å². The molecule has 0 aromatic carbocycles. The Kier molecular flexibility index (Phi) is 11.1. The van der Waals surface area contributed by atoms with Crippen LogP contribution in [0.3, 0.4) is 0 Å². The van der Waals surface area contributed by atoms with Crippen molar-refractivity contribution in [3.05, 3.63) is 23.3 Å². The highest BCUT2D eigenvalue weighted by atomic mass is 16.6. The Morgan fingerprint density at radius 1 is 0.949 bits per heavy atom. The predicted molar refractivity (Wildman–Crippen MR) is 156 cm³/mol. The molecule has 220 valence electrons. The second kappa shape index (κ2) is 13.6. The standard InChI is InChI=1S/C34H54O5/c1-8-9-10-11-12-13-14-15-16-17-30(36)38-31-25(4)22-34(39-26(5)35)29(31)20-23(2)18-19-27-28(33(27,6)7)21-24(3)32(34)37/h20-21,25,27-29,31H,8-19,22H2,1-7H3/b23-20-,24-21+/t25-,27-,28+,29-,31-,34+/m0/s1. The third kappa shape index (κ3) is 7.64. The van der Waals surface area contributed by atoms with E-state index in [2.05, 4.69) is 39.8 Å². The number of ketones is 1. The van der Waals surface area contributed by atoms with Gasteiger partial charge in [-0.05, 0) is 61.9 Å². The van der Waals surface area contributed by atoms with Gasteiger partial charge in [-0.2, -0.15) is 0 Å². The van der Waals surface area contributed by atoms with E-state index < -0.39 is 23.6 Å². The average molecular weight is 543 g/mol. The molecular formula is C34H54O5. The van der Waals surface area contributed by atoms with Crippen LogP contribution >= 0.6 is 0 Å². The highest BCUT2D eigenvalue weighted by molar-refractivity contribution is 6.03. The fourth-order valence-electron chi connectivity index (χ4n) is 7.34. The van der Waals surface area contributed by atoms with Gasteiger partial charge >= 0.3 is 11.9 Å². The van der Waals surface area contributed by atoms with E-state index in [1.54, 1.807) is 0 Å². The minimum absolute atomic E-state index is 0.102. The van der Waals surface area contributed by atoms with Crippen molar-refractivity contribution in [2.45, 2.75) is 144 Å². The normalized spacial score (nSPS) is 34.4. The van der Waals surface area contributed by atoms with Crippen LogP contribution in [0.15, 0.2) is 23.3 Å². The number of esters is 2. The maximum atomic E-state index is 14.1. The van der Waals surface area contributed by atoms with E-state index in [0.29, 0.717) is 30.3 Å². The molecule has 0 spiro atoms. The Morgan fingerprint density at radius 3 is 2.18 bits per heavy atom. The Bertz CT molecular complexity index is 943. The van der Waals surface area contributed by atoms with Gasteiger partial charge in [0.25, 0.3) is 0 Å². The largest absolute Gasteiger partial charge is 0.461 e. The van der Waals surface area contributed by atoms with Crippen molar-refractivity contribution in [3.8, 4) is 0 Å². The number of allylic oxidation sites excluding steroid dienone is 2. The molecule has 0 bridgehead atoms. The molecule has 2 fully saturated rings. The molecule has 0 unspecified atom stereocenters. The summed E-state index contributed by atoms with van der Waals surface area (Å²) in [6, 6.07) is 0. The highest BCUT2D eigenvalue weighted by Gasteiger charge is 2.61. The summed E-state index contributed by atoms with van der Waals surface area (Å²) in [4.78, 5) is 39.5. The monoisotopic (exact) mass is 542 g/mol. The molecule has 6 atom stereocenters. The molecular weight excluding hydrogens is 488 g/mol. The molecule has 5 nitrogen and oxygen atoms in total. The first kappa shape index (κ1) is 31.6. The molecule has 3 aliphatic rings. The third-order valence-corrected chi connectivity index (χ3v) is 9.78. The first-order chi connectivity index (χ1) is 18.4.